The number of halogens is 1. The Bertz CT molecular complexity index is 982. The molecule has 3 rings (SSSR count). The van der Waals surface area contributed by atoms with Crippen LogP contribution in [-0.4, -0.2) is 18.0 Å². The summed E-state index contributed by atoms with van der Waals surface area (Å²) in [5.74, 6) is 0.484. The summed E-state index contributed by atoms with van der Waals surface area (Å²) in [6.45, 7) is 0. The fourth-order valence-electron chi connectivity index (χ4n) is 2.56. The zero-order valence-corrected chi connectivity index (χ0v) is 14.4. The predicted octanol–water partition coefficient (Wildman–Crippen LogP) is 3.76. The van der Waals surface area contributed by atoms with Crippen LogP contribution in [0.1, 0.15) is 12.0 Å². The van der Waals surface area contributed by atoms with Crippen LogP contribution in [0.15, 0.2) is 53.3 Å². The highest BCUT2D eigenvalue weighted by atomic mass is 35.5. The molecular weight excluding hydrogens is 340 g/mol. The molecule has 2 aromatic carbocycles. The van der Waals surface area contributed by atoms with Crippen LogP contribution in [0.25, 0.3) is 10.9 Å². The number of para-hydroxylation sites is 1. The number of methoxy groups -OCH3 is 1. The summed E-state index contributed by atoms with van der Waals surface area (Å²) in [4.78, 5) is 27.1. The molecular formula is C19H17ClN2O3. The zero-order valence-electron chi connectivity index (χ0n) is 13.6. The van der Waals surface area contributed by atoms with Gasteiger partial charge in [-0.1, -0.05) is 23.7 Å². The first-order valence-corrected chi connectivity index (χ1v) is 8.19. The van der Waals surface area contributed by atoms with Gasteiger partial charge in [0.25, 0.3) is 5.56 Å². The fraction of sp³-hybridized carbons (Fsp3) is 0.158. The number of aryl methyl sites for hydroxylation is 1. The third-order valence-corrected chi connectivity index (χ3v) is 4.23. The number of amides is 1. The first kappa shape index (κ1) is 17.0. The highest BCUT2D eigenvalue weighted by Gasteiger charge is 2.09. The summed E-state index contributed by atoms with van der Waals surface area (Å²) < 4.78 is 5.15. The number of ether oxygens (including phenoxy) is 1. The maximum absolute atomic E-state index is 12.2. The van der Waals surface area contributed by atoms with Crippen LogP contribution >= 0.6 is 11.6 Å². The van der Waals surface area contributed by atoms with Crippen molar-refractivity contribution in [1.29, 1.82) is 0 Å². The lowest BCUT2D eigenvalue weighted by atomic mass is 10.1. The number of aromatic nitrogens is 1. The SMILES string of the molecule is COc1ccc2cc(CCC(=O)Nc3ccccc3Cl)c(=O)[nH]c2c1. The molecule has 0 aliphatic heterocycles. The Balaban J connectivity index is 1.72. The number of anilines is 1. The number of aromatic amines is 1. The van der Waals surface area contributed by atoms with Crippen molar-refractivity contribution in [3.8, 4) is 5.75 Å². The Morgan fingerprint density at radius 3 is 2.76 bits per heavy atom. The van der Waals surface area contributed by atoms with Crippen LogP contribution in [0, 0.1) is 0 Å². The lowest BCUT2D eigenvalue weighted by Crippen LogP contribution is -2.17. The van der Waals surface area contributed by atoms with Crippen molar-refractivity contribution in [1.82, 2.24) is 4.98 Å². The molecule has 0 atom stereocenters. The van der Waals surface area contributed by atoms with Crippen LogP contribution in [0.2, 0.25) is 5.02 Å². The molecule has 0 aliphatic carbocycles. The van der Waals surface area contributed by atoms with Crippen LogP contribution in [-0.2, 0) is 11.2 Å². The van der Waals surface area contributed by atoms with Crippen LogP contribution < -0.4 is 15.6 Å². The molecule has 0 aliphatic rings. The molecule has 1 aromatic heterocycles. The van der Waals surface area contributed by atoms with E-state index in [9.17, 15) is 9.59 Å². The quantitative estimate of drug-likeness (QED) is 0.731. The summed E-state index contributed by atoms with van der Waals surface area (Å²) in [6.07, 6.45) is 0.531. The number of carbonyl (C=O) groups is 1. The average molecular weight is 357 g/mol. The maximum atomic E-state index is 12.2. The second-order valence-corrected chi connectivity index (χ2v) is 6.01. The third-order valence-electron chi connectivity index (χ3n) is 3.90. The van der Waals surface area contributed by atoms with Gasteiger partial charge in [0.05, 0.1) is 23.3 Å². The molecule has 0 saturated carbocycles. The summed E-state index contributed by atoms with van der Waals surface area (Å²) in [5, 5.41) is 4.12. The second-order valence-electron chi connectivity index (χ2n) is 5.60. The van der Waals surface area contributed by atoms with E-state index in [0.717, 1.165) is 5.39 Å². The van der Waals surface area contributed by atoms with Crippen molar-refractivity contribution in [2.75, 3.05) is 12.4 Å². The number of nitrogens with one attached hydrogen (secondary N) is 2. The molecule has 25 heavy (non-hydrogen) atoms. The minimum atomic E-state index is -0.203. The first-order valence-electron chi connectivity index (χ1n) is 7.81. The molecule has 0 radical (unpaired) electrons. The number of rotatable bonds is 5. The molecule has 0 saturated heterocycles. The van der Waals surface area contributed by atoms with Gasteiger partial charge in [0, 0.05) is 18.1 Å². The summed E-state index contributed by atoms with van der Waals surface area (Å²) in [7, 11) is 1.57. The molecule has 3 aromatic rings. The number of hydrogen-bond donors (Lipinski definition) is 2. The number of fused-ring (bicyclic) bond motifs is 1. The topological polar surface area (TPSA) is 71.2 Å². The Morgan fingerprint density at radius 1 is 1.20 bits per heavy atom. The number of benzene rings is 2. The highest BCUT2D eigenvalue weighted by molar-refractivity contribution is 6.33. The molecule has 5 nitrogen and oxygen atoms in total. The van der Waals surface area contributed by atoms with Crippen molar-refractivity contribution in [3.05, 3.63) is 69.5 Å². The molecule has 6 heteroatoms. The summed E-state index contributed by atoms with van der Waals surface area (Å²) >= 11 is 6.02. The molecule has 0 spiro atoms. The average Bonchev–Trinajstić information content (AvgIpc) is 2.61. The van der Waals surface area contributed by atoms with Gasteiger partial charge in [0.1, 0.15) is 5.75 Å². The van der Waals surface area contributed by atoms with Gasteiger partial charge in [0.15, 0.2) is 0 Å². The minimum Gasteiger partial charge on any atom is -0.497 e. The Morgan fingerprint density at radius 2 is 2.00 bits per heavy atom. The highest BCUT2D eigenvalue weighted by Crippen LogP contribution is 2.21. The van der Waals surface area contributed by atoms with Crippen molar-refractivity contribution >= 4 is 34.1 Å². The van der Waals surface area contributed by atoms with Gasteiger partial charge in [-0.15, -0.1) is 0 Å². The monoisotopic (exact) mass is 356 g/mol. The maximum Gasteiger partial charge on any atom is 0.251 e. The van der Waals surface area contributed by atoms with E-state index in [1.807, 2.05) is 12.1 Å². The third kappa shape index (κ3) is 4.00. The van der Waals surface area contributed by atoms with Gasteiger partial charge in [-0.25, -0.2) is 0 Å². The second kappa shape index (κ2) is 7.40. The lowest BCUT2D eigenvalue weighted by Gasteiger charge is -2.08. The number of H-pyrrole nitrogens is 1. The van der Waals surface area contributed by atoms with Gasteiger partial charge < -0.3 is 15.0 Å². The fourth-order valence-corrected chi connectivity index (χ4v) is 2.74. The molecule has 0 bridgehead atoms. The van der Waals surface area contributed by atoms with E-state index >= 15 is 0 Å². The summed E-state index contributed by atoms with van der Waals surface area (Å²) in [5.41, 5.74) is 1.63. The molecule has 1 amide bonds. The molecule has 0 fully saturated rings. The summed E-state index contributed by atoms with van der Waals surface area (Å²) in [6, 6.07) is 14.3. The van der Waals surface area contributed by atoms with E-state index in [2.05, 4.69) is 10.3 Å². The van der Waals surface area contributed by atoms with Gasteiger partial charge >= 0.3 is 0 Å². The molecule has 1 heterocycles. The van der Waals surface area contributed by atoms with Crippen molar-refractivity contribution in [3.63, 3.8) is 0 Å². The van der Waals surface area contributed by atoms with E-state index in [0.29, 0.717) is 34.0 Å². The number of pyridine rings is 1. The lowest BCUT2D eigenvalue weighted by molar-refractivity contribution is -0.116. The Kier molecular flexibility index (Phi) is 5.05. The van der Waals surface area contributed by atoms with Crippen LogP contribution in [0.3, 0.4) is 0 Å². The van der Waals surface area contributed by atoms with E-state index in [-0.39, 0.29) is 17.9 Å². The van der Waals surface area contributed by atoms with Gasteiger partial charge in [-0.05, 0) is 42.1 Å². The molecule has 0 unspecified atom stereocenters. The largest absolute Gasteiger partial charge is 0.497 e. The van der Waals surface area contributed by atoms with Crippen LogP contribution in [0.5, 0.6) is 5.75 Å². The van der Waals surface area contributed by atoms with Crippen LogP contribution in [0.4, 0.5) is 5.69 Å². The van der Waals surface area contributed by atoms with Gasteiger partial charge in [-0.2, -0.15) is 0 Å². The standard InChI is InChI=1S/C19H17ClN2O3/c1-25-14-8-6-12-10-13(19(24)22-17(12)11-14)7-9-18(23)21-16-5-3-2-4-15(16)20/h2-6,8,10-11H,7,9H2,1H3,(H,21,23)(H,22,24). The van der Waals surface area contributed by atoms with E-state index < -0.39 is 0 Å². The normalized spacial score (nSPS) is 10.6. The Labute approximate surface area is 149 Å². The number of hydrogen-bond acceptors (Lipinski definition) is 3. The van der Waals surface area contributed by atoms with Gasteiger partial charge in [-0.3, -0.25) is 9.59 Å². The molecule has 128 valence electrons. The zero-order chi connectivity index (χ0) is 17.8. The van der Waals surface area contributed by atoms with Crippen molar-refractivity contribution < 1.29 is 9.53 Å². The Hall–Kier alpha value is -2.79. The van der Waals surface area contributed by atoms with E-state index in [1.54, 1.807) is 43.5 Å². The first-order chi connectivity index (χ1) is 12.1. The predicted molar refractivity (Wildman–Crippen MR) is 99.5 cm³/mol. The van der Waals surface area contributed by atoms with Gasteiger partial charge in [0.2, 0.25) is 5.91 Å². The smallest absolute Gasteiger partial charge is 0.251 e. The van der Waals surface area contributed by atoms with E-state index in [4.69, 9.17) is 16.3 Å². The number of carbonyl (C=O) groups excluding carboxylic acids is 1. The molecule has 2 N–H and O–H groups in total. The van der Waals surface area contributed by atoms with E-state index in [1.165, 1.54) is 0 Å². The van der Waals surface area contributed by atoms with Crippen molar-refractivity contribution in [2.24, 2.45) is 0 Å². The minimum absolute atomic E-state index is 0.190. The van der Waals surface area contributed by atoms with Crippen molar-refractivity contribution in [2.45, 2.75) is 12.8 Å².